The third-order valence-electron chi connectivity index (χ3n) is 4.38. The van der Waals surface area contributed by atoms with Crippen molar-refractivity contribution in [1.82, 2.24) is 14.3 Å². The molecule has 1 saturated heterocycles. The zero-order valence-electron chi connectivity index (χ0n) is 14.6. The minimum atomic E-state index is -3.54. The van der Waals surface area contributed by atoms with Crippen molar-refractivity contribution in [3.05, 3.63) is 41.7 Å². The molecule has 1 aromatic heterocycles. The number of hydrogen-bond donors (Lipinski definition) is 0. The molecule has 7 nitrogen and oxygen atoms in total. The van der Waals surface area contributed by atoms with Gasteiger partial charge in [0.2, 0.25) is 16.0 Å². The Balaban J connectivity index is 1.80. The van der Waals surface area contributed by atoms with Crippen LogP contribution in [0, 0.1) is 13.8 Å². The number of piperazine rings is 1. The van der Waals surface area contributed by atoms with Crippen molar-refractivity contribution >= 4 is 16.0 Å². The molecule has 0 spiro atoms. The summed E-state index contributed by atoms with van der Waals surface area (Å²) < 4.78 is 32.9. The number of rotatable bonds is 4. The molecule has 0 radical (unpaired) electrons. The van der Waals surface area contributed by atoms with Crippen LogP contribution in [0.1, 0.15) is 11.1 Å². The van der Waals surface area contributed by atoms with Crippen molar-refractivity contribution < 1.29 is 13.2 Å². The standard InChI is InChI=1S/C17H22N4O3S/c1-13-12-16(14(2)11-15(13)24-3)25(22,23)21-9-7-20(8-10-21)17-18-5-4-6-19-17/h4-6,11-12H,7-10H2,1-3H3. The predicted octanol–water partition coefficient (Wildman–Crippen LogP) is 1.61. The molecule has 3 rings (SSSR count). The number of ether oxygens (including phenoxy) is 1. The van der Waals surface area contributed by atoms with Crippen LogP contribution in [0.5, 0.6) is 5.75 Å². The van der Waals surface area contributed by atoms with Crippen LogP contribution >= 0.6 is 0 Å². The summed E-state index contributed by atoms with van der Waals surface area (Å²) in [5.74, 6) is 1.33. The molecule has 0 amide bonds. The molecule has 8 heteroatoms. The number of methoxy groups -OCH3 is 1. The quantitative estimate of drug-likeness (QED) is 0.823. The maximum atomic E-state index is 13.0. The minimum Gasteiger partial charge on any atom is -0.496 e. The molecule has 0 atom stereocenters. The van der Waals surface area contributed by atoms with Gasteiger partial charge in [-0.05, 0) is 43.2 Å². The second-order valence-corrected chi connectivity index (χ2v) is 7.93. The van der Waals surface area contributed by atoms with Gasteiger partial charge in [-0.15, -0.1) is 0 Å². The number of anilines is 1. The molecule has 0 N–H and O–H groups in total. The van der Waals surface area contributed by atoms with Gasteiger partial charge < -0.3 is 9.64 Å². The second kappa shape index (κ2) is 6.97. The summed E-state index contributed by atoms with van der Waals surface area (Å²) in [7, 11) is -1.95. The lowest BCUT2D eigenvalue weighted by molar-refractivity contribution is 0.382. The molecule has 1 aromatic carbocycles. The van der Waals surface area contributed by atoms with Crippen molar-refractivity contribution in [2.24, 2.45) is 0 Å². The summed E-state index contributed by atoms with van der Waals surface area (Å²) in [6.45, 7) is 5.59. The molecule has 0 saturated carbocycles. The molecule has 25 heavy (non-hydrogen) atoms. The van der Waals surface area contributed by atoms with Crippen LogP contribution in [0.15, 0.2) is 35.5 Å². The van der Waals surface area contributed by atoms with Crippen molar-refractivity contribution in [2.45, 2.75) is 18.7 Å². The monoisotopic (exact) mass is 362 g/mol. The van der Waals surface area contributed by atoms with Crippen LogP contribution in [0.4, 0.5) is 5.95 Å². The van der Waals surface area contributed by atoms with Crippen LogP contribution in [0.3, 0.4) is 0 Å². The van der Waals surface area contributed by atoms with Gasteiger partial charge in [0.15, 0.2) is 0 Å². The molecule has 1 aliphatic rings. The maximum Gasteiger partial charge on any atom is 0.243 e. The van der Waals surface area contributed by atoms with Crippen LogP contribution in [0.25, 0.3) is 0 Å². The predicted molar refractivity (Wildman–Crippen MR) is 95.5 cm³/mol. The SMILES string of the molecule is COc1cc(C)c(S(=O)(=O)N2CCN(c3ncccn3)CC2)cc1C. The lowest BCUT2D eigenvalue weighted by atomic mass is 10.1. The van der Waals surface area contributed by atoms with Gasteiger partial charge in [-0.25, -0.2) is 18.4 Å². The first-order chi connectivity index (χ1) is 11.9. The summed E-state index contributed by atoms with van der Waals surface area (Å²) >= 11 is 0. The number of nitrogens with zero attached hydrogens (tertiary/aromatic N) is 4. The van der Waals surface area contributed by atoms with Crippen LogP contribution in [-0.2, 0) is 10.0 Å². The average molecular weight is 362 g/mol. The first-order valence-electron chi connectivity index (χ1n) is 8.11. The Bertz CT molecular complexity index is 848. The van der Waals surface area contributed by atoms with E-state index in [0.29, 0.717) is 48.3 Å². The second-order valence-electron chi connectivity index (χ2n) is 6.03. The van der Waals surface area contributed by atoms with Crippen LogP contribution in [-0.4, -0.2) is 56.0 Å². The number of hydrogen-bond acceptors (Lipinski definition) is 6. The average Bonchev–Trinajstić information content (AvgIpc) is 2.64. The third-order valence-corrected chi connectivity index (χ3v) is 6.42. The Morgan fingerprint density at radius 1 is 1.00 bits per heavy atom. The molecule has 0 unspecified atom stereocenters. The highest BCUT2D eigenvalue weighted by Gasteiger charge is 2.30. The summed E-state index contributed by atoms with van der Waals surface area (Å²) in [6.07, 6.45) is 3.38. The van der Waals surface area contributed by atoms with E-state index in [1.165, 1.54) is 4.31 Å². The van der Waals surface area contributed by atoms with Gasteiger partial charge in [-0.3, -0.25) is 0 Å². The molecule has 134 valence electrons. The fourth-order valence-electron chi connectivity index (χ4n) is 2.98. The highest BCUT2D eigenvalue weighted by atomic mass is 32.2. The van der Waals surface area contributed by atoms with Gasteiger partial charge in [0, 0.05) is 38.6 Å². The van der Waals surface area contributed by atoms with Crippen molar-refractivity contribution in [3.63, 3.8) is 0 Å². The van der Waals surface area contributed by atoms with Gasteiger partial charge in [0.05, 0.1) is 12.0 Å². The molecule has 0 bridgehead atoms. The normalized spacial score (nSPS) is 16.0. The summed E-state index contributed by atoms with van der Waals surface area (Å²) in [5, 5.41) is 0. The van der Waals surface area contributed by atoms with Gasteiger partial charge in [-0.2, -0.15) is 4.31 Å². The fourth-order valence-corrected chi connectivity index (χ4v) is 4.70. The van der Waals surface area contributed by atoms with E-state index < -0.39 is 10.0 Å². The van der Waals surface area contributed by atoms with E-state index in [9.17, 15) is 8.42 Å². The van der Waals surface area contributed by atoms with Gasteiger partial charge in [-0.1, -0.05) is 0 Å². The van der Waals surface area contributed by atoms with E-state index in [0.717, 1.165) is 5.56 Å². The first kappa shape index (κ1) is 17.6. The van der Waals surface area contributed by atoms with E-state index in [2.05, 4.69) is 9.97 Å². The first-order valence-corrected chi connectivity index (χ1v) is 9.55. The maximum absolute atomic E-state index is 13.0. The number of aryl methyl sites for hydroxylation is 2. The minimum absolute atomic E-state index is 0.343. The smallest absolute Gasteiger partial charge is 0.243 e. The Hall–Kier alpha value is -2.19. The fraction of sp³-hybridized carbons (Fsp3) is 0.412. The van der Waals surface area contributed by atoms with Crippen molar-refractivity contribution in [1.29, 1.82) is 0 Å². The summed E-state index contributed by atoms with van der Waals surface area (Å²) in [4.78, 5) is 10.8. The van der Waals surface area contributed by atoms with E-state index in [4.69, 9.17) is 4.74 Å². The van der Waals surface area contributed by atoms with Crippen molar-refractivity contribution in [2.75, 3.05) is 38.2 Å². The third kappa shape index (κ3) is 3.45. The lowest BCUT2D eigenvalue weighted by Gasteiger charge is -2.34. The Morgan fingerprint density at radius 3 is 2.24 bits per heavy atom. The highest BCUT2D eigenvalue weighted by Crippen LogP contribution is 2.28. The zero-order chi connectivity index (χ0) is 18.0. The molecule has 2 heterocycles. The number of benzene rings is 1. The summed E-state index contributed by atoms with van der Waals surface area (Å²) in [6, 6.07) is 5.23. The topological polar surface area (TPSA) is 75.6 Å². The zero-order valence-corrected chi connectivity index (χ0v) is 15.5. The molecular formula is C17H22N4O3S. The molecule has 1 fully saturated rings. The van der Waals surface area contributed by atoms with Crippen LogP contribution in [0.2, 0.25) is 0 Å². The van der Waals surface area contributed by atoms with E-state index in [1.54, 1.807) is 44.6 Å². The number of sulfonamides is 1. The van der Waals surface area contributed by atoms with E-state index in [-0.39, 0.29) is 0 Å². The molecule has 1 aliphatic heterocycles. The summed E-state index contributed by atoms with van der Waals surface area (Å²) in [5.41, 5.74) is 1.50. The molecule has 2 aromatic rings. The van der Waals surface area contributed by atoms with Gasteiger partial charge >= 0.3 is 0 Å². The Kier molecular flexibility index (Phi) is 4.91. The van der Waals surface area contributed by atoms with Crippen LogP contribution < -0.4 is 9.64 Å². The van der Waals surface area contributed by atoms with E-state index >= 15 is 0 Å². The molecular weight excluding hydrogens is 340 g/mol. The van der Waals surface area contributed by atoms with E-state index in [1.807, 2.05) is 11.8 Å². The van der Waals surface area contributed by atoms with Gasteiger partial charge in [0.25, 0.3) is 0 Å². The lowest BCUT2D eigenvalue weighted by Crippen LogP contribution is -2.49. The molecule has 0 aliphatic carbocycles. The number of aromatic nitrogens is 2. The highest BCUT2D eigenvalue weighted by molar-refractivity contribution is 7.89. The largest absolute Gasteiger partial charge is 0.496 e. The van der Waals surface area contributed by atoms with Crippen molar-refractivity contribution in [3.8, 4) is 5.75 Å². The van der Waals surface area contributed by atoms with Gasteiger partial charge in [0.1, 0.15) is 5.75 Å². The Morgan fingerprint density at radius 2 is 1.64 bits per heavy atom. The Labute approximate surface area is 148 Å².